The number of aliphatic carboxylic acids is 1. The van der Waals surface area contributed by atoms with Crippen LogP contribution in [-0.4, -0.2) is 78.3 Å². The van der Waals surface area contributed by atoms with Crippen LogP contribution in [0.3, 0.4) is 0 Å². The van der Waals surface area contributed by atoms with Gasteiger partial charge in [-0.05, 0) is 67.7 Å². The van der Waals surface area contributed by atoms with Gasteiger partial charge >= 0.3 is 24.1 Å². The number of hydrogen-bond acceptors (Lipinski definition) is 9. The van der Waals surface area contributed by atoms with Gasteiger partial charge in [0, 0.05) is 31.0 Å². The molecule has 0 unspecified atom stereocenters. The Kier molecular flexibility index (Phi) is 14.3. The van der Waals surface area contributed by atoms with Gasteiger partial charge in [0.2, 0.25) is 0 Å². The van der Waals surface area contributed by atoms with E-state index in [1.165, 1.54) is 16.7 Å². The summed E-state index contributed by atoms with van der Waals surface area (Å²) in [5, 5.41) is 38.0. The smallest absolute Gasteiger partial charge is 0.471 e. The first-order valence-electron chi connectivity index (χ1n) is 17.3. The fourth-order valence-corrected chi connectivity index (χ4v) is 7.04. The zero-order valence-corrected chi connectivity index (χ0v) is 32.1. The summed E-state index contributed by atoms with van der Waals surface area (Å²) in [6, 6.07) is 10.8. The SMILES string of the molecule is COC(=O)Nc1ccc2c(c1)N(C(=O)C(F)(F)F)[C@@H](C(=O)O)CCCC[C@H](NCC[C@@H](O)c1cccc(Cl)c1)c1nc-2c(C#N)n1COCC[Si](C)(C)C. The number of nitriles is 1. The van der Waals surface area contributed by atoms with Crippen molar-refractivity contribution in [3.8, 4) is 17.3 Å². The number of halogens is 4. The Morgan fingerprint density at radius 2 is 1.87 bits per heavy atom. The van der Waals surface area contributed by atoms with Crippen LogP contribution in [0.5, 0.6) is 0 Å². The number of hydrogen-bond donors (Lipinski definition) is 4. The van der Waals surface area contributed by atoms with E-state index in [9.17, 15) is 43.0 Å². The fourth-order valence-electron chi connectivity index (χ4n) is 6.08. The van der Waals surface area contributed by atoms with Gasteiger partial charge in [0.05, 0.1) is 24.9 Å². The number of nitrogens with zero attached hydrogens (tertiary/aromatic N) is 4. The summed E-state index contributed by atoms with van der Waals surface area (Å²) in [5.74, 6) is -3.82. The second-order valence-electron chi connectivity index (χ2n) is 14.1. The molecule has 0 fully saturated rings. The summed E-state index contributed by atoms with van der Waals surface area (Å²) in [4.78, 5) is 42.9. The third-order valence-corrected chi connectivity index (χ3v) is 10.8. The molecule has 0 spiro atoms. The van der Waals surface area contributed by atoms with E-state index >= 15 is 0 Å². The van der Waals surface area contributed by atoms with Crippen LogP contribution in [0.15, 0.2) is 42.5 Å². The van der Waals surface area contributed by atoms with Gasteiger partial charge in [-0.25, -0.2) is 14.6 Å². The Hall–Kier alpha value is -4.47. The highest BCUT2D eigenvalue weighted by atomic mass is 35.5. The lowest BCUT2D eigenvalue weighted by molar-refractivity contribution is -0.171. The highest BCUT2D eigenvalue weighted by Crippen LogP contribution is 2.40. The molecule has 2 amide bonds. The predicted molar refractivity (Wildman–Crippen MR) is 198 cm³/mol. The topological polar surface area (TPSA) is 179 Å². The number of nitrogens with one attached hydrogen (secondary N) is 2. The van der Waals surface area contributed by atoms with E-state index in [2.05, 4.69) is 41.1 Å². The Bertz CT molecular complexity index is 1860. The molecule has 2 heterocycles. The number of amides is 2. The molecule has 1 aliphatic heterocycles. The van der Waals surface area contributed by atoms with Gasteiger partial charge in [-0.15, -0.1) is 0 Å². The van der Waals surface area contributed by atoms with E-state index in [1.54, 1.807) is 24.3 Å². The third-order valence-electron chi connectivity index (χ3n) is 8.90. The van der Waals surface area contributed by atoms with Gasteiger partial charge in [-0.2, -0.15) is 18.4 Å². The fraction of sp³-hybridized carbons (Fsp3) is 0.472. The number of aromatic nitrogens is 2. The van der Waals surface area contributed by atoms with E-state index < -0.39 is 56.1 Å². The quantitative estimate of drug-likeness (QED) is 0.108. The lowest BCUT2D eigenvalue weighted by Gasteiger charge is -2.32. The van der Waals surface area contributed by atoms with Crippen molar-refractivity contribution in [3.63, 3.8) is 0 Å². The van der Waals surface area contributed by atoms with Gasteiger partial charge in [0.15, 0.2) is 0 Å². The summed E-state index contributed by atoms with van der Waals surface area (Å²) in [6.45, 7) is 7.02. The normalized spacial score (nSPS) is 17.0. The molecule has 4 N–H and O–H groups in total. The highest BCUT2D eigenvalue weighted by molar-refractivity contribution is 6.76. The minimum Gasteiger partial charge on any atom is -0.480 e. The second-order valence-corrected chi connectivity index (χ2v) is 20.1. The Morgan fingerprint density at radius 1 is 1.15 bits per heavy atom. The number of aliphatic hydroxyl groups is 1. The first-order valence-corrected chi connectivity index (χ1v) is 21.4. The van der Waals surface area contributed by atoms with Crippen LogP contribution in [0.4, 0.5) is 29.3 Å². The maximum atomic E-state index is 14.3. The molecule has 0 saturated carbocycles. The maximum absolute atomic E-state index is 14.3. The summed E-state index contributed by atoms with van der Waals surface area (Å²) < 4.78 is 55.0. The van der Waals surface area contributed by atoms with E-state index in [4.69, 9.17) is 21.3 Å². The zero-order chi connectivity index (χ0) is 39.8. The van der Waals surface area contributed by atoms with Crippen LogP contribution < -0.4 is 15.5 Å². The third kappa shape index (κ3) is 10.8. The molecule has 18 heteroatoms. The van der Waals surface area contributed by atoms with Crippen LogP contribution in [-0.2, 0) is 25.8 Å². The molecule has 3 aromatic rings. The molecule has 1 aromatic heterocycles. The first-order chi connectivity index (χ1) is 25.4. The van der Waals surface area contributed by atoms with Crippen LogP contribution >= 0.6 is 11.6 Å². The average molecular weight is 793 g/mol. The lowest BCUT2D eigenvalue weighted by atomic mass is 9.99. The molecule has 4 rings (SSSR count). The number of carbonyl (C=O) groups is 3. The van der Waals surface area contributed by atoms with E-state index in [-0.39, 0.29) is 66.5 Å². The van der Waals surface area contributed by atoms with Crippen molar-refractivity contribution in [1.82, 2.24) is 14.9 Å². The number of carboxylic acids is 1. The van der Waals surface area contributed by atoms with Gasteiger partial charge in [0.25, 0.3) is 0 Å². The van der Waals surface area contributed by atoms with Crippen molar-refractivity contribution in [2.75, 3.05) is 30.5 Å². The van der Waals surface area contributed by atoms with Gasteiger partial charge in [0.1, 0.15) is 36.1 Å². The molecule has 13 nitrogen and oxygen atoms in total. The molecular weight excluding hydrogens is 749 g/mol. The molecule has 2 aromatic carbocycles. The number of alkyl halides is 3. The second kappa shape index (κ2) is 18.2. The van der Waals surface area contributed by atoms with E-state index in [1.807, 2.05) is 0 Å². The van der Waals surface area contributed by atoms with Crippen LogP contribution in [0, 0.1) is 11.3 Å². The Balaban J connectivity index is 1.91. The Morgan fingerprint density at radius 3 is 2.50 bits per heavy atom. The van der Waals surface area contributed by atoms with Crippen molar-refractivity contribution in [2.24, 2.45) is 0 Å². The lowest BCUT2D eigenvalue weighted by Crippen LogP contribution is -2.51. The molecule has 0 saturated heterocycles. The van der Waals surface area contributed by atoms with Crippen molar-refractivity contribution >= 4 is 49.0 Å². The monoisotopic (exact) mass is 792 g/mol. The largest absolute Gasteiger partial charge is 0.480 e. The van der Waals surface area contributed by atoms with Crippen molar-refractivity contribution < 1.29 is 47.2 Å². The number of anilines is 2. The number of carboxylic acid groups (broad SMARTS) is 1. The standard InChI is InChI=1S/C36H44ClF3N6O7Si/c1-52-35(51)43-24-12-13-25-28(19-24)46(34(50)36(38,39)40)27(33(48)49)11-6-5-10-26(42-15-14-30(47)22-8-7-9-23(37)18-22)32-44-31(25)29(20-41)45(32)21-53-16-17-54(2,3)4/h7-9,12-13,18-19,26-27,30,42,47H,5-6,10-11,14-17,21H2,1-4H3,(H,43,51)(H,48,49)/t26-,27+,30+/m0/s1. The average Bonchev–Trinajstić information content (AvgIpc) is 3.46. The van der Waals surface area contributed by atoms with Crippen molar-refractivity contribution in [2.45, 2.75) is 88.9 Å². The van der Waals surface area contributed by atoms with Crippen LogP contribution in [0.1, 0.15) is 61.3 Å². The number of carbonyl (C=O) groups excluding carboxylic acids is 2. The summed E-state index contributed by atoms with van der Waals surface area (Å²) in [6.07, 6.45) is -6.76. The molecule has 54 heavy (non-hydrogen) atoms. The van der Waals surface area contributed by atoms with Gasteiger partial charge in [-0.3, -0.25) is 19.6 Å². The molecular formula is C36H44ClF3N6O7Si. The summed E-state index contributed by atoms with van der Waals surface area (Å²) in [5.41, 5.74) is -0.433. The minimum absolute atomic E-state index is 0.0861. The molecule has 2 bridgehead atoms. The van der Waals surface area contributed by atoms with E-state index in [0.29, 0.717) is 29.4 Å². The number of rotatable bonds is 12. The number of ether oxygens (including phenoxy) is 2. The number of fused-ring (bicyclic) bond motifs is 4. The molecule has 0 radical (unpaired) electrons. The number of imidazole rings is 1. The molecule has 3 atom stereocenters. The molecule has 1 aliphatic rings. The van der Waals surface area contributed by atoms with Crippen LogP contribution in [0.2, 0.25) is 30.7 Å². The highest BCUT2D eigenvalue weighted by Gasteiger charge is 2.48. The van der Waals surface area contributed by atoms with Crippen molar-refractivity contribution in [1.29, 1.82) is 5.26 Å². The minimum atomic E-state index is -5.49. The molecule has 292 valence electrons. The summed E-state index contributed by atoms with van der Waals surface area (Å²) >= 11 is 6.12. The van der Waals surface area contributed by atoms with Gasteiger partial charge in [-0.1, -0.05) is 56.2 Å². The predicted octanol–water partition coefficient (Wildman–Crippen LogP) is 7.24. The Labute approximate surface area is 317 Å². The summed E-state index contributed by atoms with van der Waals surface area (Å²) in [7, 11) is -0.455. The van der Waals surface area contributed by atoms with Gasteiger partial charge < -0.3 is 25.0 Å². The zero-order valence-electron chi connectivity index (χ0n) is 30.4. The number of aliphatic hydroxyl groups excluding tert-OH is 1. The van der Waals surface area contributed by atoms with Crippen molar-refractivity contribution in [3.05, 3.63) is 64.6 Å². The maximum Gasteiger partial charge on any atom is 0.471 e. The number of methoxy groups -OCH3 is 1. The molecule has 0 aliphatic carbocycles. The van der Waals surface area contributed by atoms with Crippen LogP contribution in [0.25, 0.3) is 11.3 Å². The number of benzene rings is 2. The first kappa shape index (κ1) is 42.3. The van der Waals surface area contributed by atoms with E-state index in [0.717, 1.165) is 19.2 Å².